The van der Waals surface area contributed by atoms with Gasteiger partial charge in [0, 0.05) is 18.3 Å². The van der Waals surface area contributed by atoms with Crippen LogP contribution in [0.3, 0.4) is 0 Å². The van der Waals surface area contributed by atoms with Gasteiger partial charge in [0.1, 0.15) is 0 Å². The van der Waals surface area contributed by atoms with Gasteiger partial charge >= 0.3 is 0 Å². The van der Waals surface area contributed by atoms with Gasteiger partial charge in [0.05, 0.1) is 29.9 Å². The highest BCUT2D eigenvalue weighted by Gasteiger charge is 2.27. The largest absolute Gasteiger partial charge is 0.366 e. The number of pyridine rings is 1. The van der Waals surface area contributed by atoms with Gasteiger partial charge in [0.2, 0.25) is 5.95 Å². The van der Waals surface area contributed by atoms with Gasteiger partial charge in [-0.25, -0.2) is 4.52 Å². The van der Waals surface area contributed by atoms with E-state index in [2.05, 4.69) is 26.6 Å². The third kappa shape index (κ3) is 2.62. The number of likely N-dealkylation sites (N-methyl/N-ethyl adjacent to an activating group) is 1. The molecule has 3 heterocycles. The van der Waals surface area contributed by atoms with Crippen molar-refractivity contribution in [3.8, 4) is 17.3 Å². The second kappa shape index (κ2) is 5.70. The number of anilines is 1. The molecule has 0 aliphatic rings. The number of nitrogen functional groups attached to an aromatic ring is 1. The number of nitrogens with one attached hydrogen (secondary N) is 1. The third-order valence-electron chi connectivity index (χ3n) is 3.83. The highest BCUT2D eigenvalue weighted by atomic mass is 15.3. The van der Waals surface area contributed by atoms with Crippen molar-refractivity contribution in [2.24, 2.45) is 0 Å². The van der Waals surface area contributed by atoms with Gasteiger partial charge in [-0.2, -0.15) is 15.3 Å². The Bertz CT molecular complexity index is 871. The number of nitrogens with two attached hydrogens (primary N) is 1. The Morgan fingerprint density at radius 1 is 1.43 bits per heavy atom. The van der Waals surface area contributed by atoms with Crippen LogP contribution in [0.15, 0.2) is 30.6 Å². The molecular formula is C15H18N8. The Hall–Kier alpha value is -2.92. The molecule has 0 saturated heterocycles. The molecule has 0 radical (unpaired) electrons. The molecule has 0 aliphatic carbocycles. The topological polar surface area (TPSA) is 110 Å². The number of hydrogen-bond donors (Lipinski definition) is 2. The van der Waals surface area contributed by atoms with Crippen molar-refractivity contribution < 1.29 is 0 Å². The Balaban J connectivity index is 2.05. The molecule has 0 saturated carbocycles. The summed E-state index contributed by atoms with van der Waals surface area (Å²) in [5, 5.41) is 20.9. The Morgan fingerprint density at radius 2 is 2.26 bits per heavy atom. The van der Waals surface area contributed by atoms with Gasteiger partial charge in [-0.1, -0.05) is 6.07 Å². The standard InChI is InChI=1S/C15H18N8/c1-15(6-7-16,10-18-2)22-9-11(8-19-22)12-4-3-5-13-20-14(17)21-23(12)13/h3-5,8-9,18H,6,10H2,1-2H3,(H2,17,21). The van der Waals surface area contributed by atoms with Crippen molar-refractivity contribution in [3.63, 3.8) is 0 Å². The lowest BCUT2D eigenvalue weighted by Gasteiger charge is -2.27. The molecule has 0 spiro atoms. The summed E-state index contributed by atoms with van der Waals surface area (Å²) in [6, 6.07) is 7.91. The molecule has 1 atom stereocenters. The first-order chi connectivity index (χ1) is 11.1. The first-order valence-electron chi connectivity index (χ1n) is 7.26. The number of nitrogens with zero attached hydrogens (tertiary/aromatic N) is 6. The van der Waals surface area contributed by atoms with Crippen LogP contribution in [0.2, 0.25) is 0 Å². The number of nitriles is 1. The minimum Gasteiger partial charge on any atom is -0.366 e. The lowest BCUT2D eigenvalue weighted by Crippen LogP contribution is -2.39. The molecule has 0 fully saturated rings. The summed E-state index contributed by atoms with van der Waals surface area (Å²) < 4.78 is 3.51. The van der Waals surface area contributed by atoms with Crippen LogP contribution in [0.4, 0.5) is 5.95 Å². The maximum atomic E-state index is 9.10. The van der Waals surface area contributed by atoms with Gasteiger partial charge in [-0.15, -0.1) is 5.10 Å². The van der Waals surface area contributed by atoms with Crippen LogP contribution < -0.4 is 11.1 Å². The second-order valence-corrected chi connectivity index (χ2v) is 5.69. The zero-order chi connectivity index (χ0) is 16.4. The summed E-state index contributed by atoms with van der Waals surface area (Å²) in [5.74, 6) is 0.231. The maximum absolute atomic E-state index is 9.10. The highest BCUT2D eigenvalue weighted by molar-refractivity contribution is 5.62. The van der Waals surface area contributed by atoms with E-state index < -0.39 is 5.54 Å². The van der Waals surface area contributed by atoms with E-state index in [1.54, 1.807) is 10.7 Å². The average molecular weight is 310 g/mol. The quantitative estimate of drug-likeness (QED) is 0.728. The molecule has 0 bridgehead atoms. The van der Waals surface area contributed by atoms with Crippen LogP contribution in [0.1, 0.15) is 13.3 Å². The zero-order valence-corrected chi connectivity index (χ0v) is 13.1. The normalized spacial score (nSPS) is 13.8. The summed E-state index contributed by atoms with van der Waals surface area (Å²) in [7, 11) is 1.86. The third-order valence-corrected chi connectivity index (χ3v) is 3.83. The minimum atomic E-state index is -0.420. The van der Waals surface area contributed by atoms with Crippen LogP contribution in [-0.2, 0) is 5.54 Å². The Morgan fingerprint density at radius 3 is 3.00 bits per heavy atom. The van der Waals surface area contributed by atoms with Crippen LogP contribution in [0.5, 0.6) is 0 Å². The predicted octanol–water partition coefficient (Wildman–Crippen LogP) is 1.02. The fourth-order valence-electron chi connectivity index (χ4n) is 2.67. The van der Waals surface area contributed by atoms with E-state index in [1.165, 1.54) is 0 Å². The lowest BCUT2D eigenvalue weighted by atomic mass is 9.99. The fourth-order valence-corrected chi connectivity index (χ4v) is 2.67. The van der Waals surface area contributed by atoms with E-state index >= 15 is 0 Å². The van der Waals surface area contributed by atoms with E-state index in [0.29, 0.717) is 18.6 Å². The van der Waals surface area contributed by atoms with Gasteiger partial charge in [0.25, 0.3) is 0 Å². The van der Waals surface area contributed by atoms with Crippen molar-refractivity contribution in [1.29, 1.82) is 5.26 Å². The molecule has 23 heavy (non-hydrogen) atoms. The Kier molecular flexibility index (Phi) is 3.72. The molecule has 0 amide bonds. The van der Waals surface area contributed by atoms with Crippen molar-refractivity contribution in [2.45, 2.75) is 18.9 Å². The Labute approximate surface area is 133 Å². The number of fused-ring (bicyclic) bond motifs is 1. The molecule has 3 aromatic heterocycles. The minimum absolute atomic E-state index is 0.231. The van der Waals surface area contributed by atoms with Crippen molar-refractivity contribution >= 4 is 11.6 Å². The zero-order valence-electron chi connectivity index (χ0n) is 13.1. The molecular weight excluding hydrogens is 292 g/mol. The van der Waals surface area contributed by atoms with E-state index in [4.69, 9.17) is 11.0 Å². The van der Waals surface area contributed by atoms with E-state index in [9.17, 15) is 0 Å². The fraction of sp³-hybridized carbons (Fsp3) is 0.333. The van der Waals surface area contributed by atoms with Crippen LogP contribution in [-0.4, -0.2) is 38.0 Å². The van der Waals surface area contributed by atoms with Gasteiger partial charge in [-0.3, -0.25) is 4.68 Å². The summed E-state index contributed by atoms with van der Waals surface area (Å²) in [6.07, 6.45) is 4.04. The molecule has 0 aliphatic heterocycles. The average Bonchev–Trinajstić information content (AvgIpc) is 3.12. The second-order valence-electron chi connectivity index (χ2n) is 5.69. The summed E-state index contributed by atoms with van der Waals surface area (Å²) in [5.41, 5.74) is 7.68. The molecule has 0 aromatic carbocycles. The van der Waals surface area contributed by atoms with E-state index in [-0.39, 0.29) is 5.95 Å². The molecule has 1 unspecified atom stereocenters. The monoisotopic (exact) mass is 310 g/mol. The van der Waals surface area contributed by atoms with Crippen LogP contribution >= 0.6 is 0 Å². The summed E-state index contributed by atoms with van der Waals surface area (Å²) >= 11 is 0. The number of rotatable bonds is 5. The first kappa shape index (κ1) is 15.0. The van der Waals surface area contributed by atoms with Crippen molar-refractivity contribution in [3.05, 3.63) is 30.6 Å². The van der Waals surface area contributed by atoms with Crippen LogP contribution in [0, 0.1) is 11.3 Å². The number of hydrogen-bond acceptors (Lipinski definition) is 6. The molecule has 3 aromatic rings. The van der Waals surface area contributed by atoms with Gasteiger partial charge in [-0.05, 0) is 26.1 Å². The number of aromatic nitrogens is 5. The molecule has 8 nitrogen and oxygen atoms in total. The first-order valence-corrected chi connectivity index (χ1v) is 7.26. The van der Waals surface area contributed by atoms with Crippen molar-refractivity contribution in [1.82, 2.24) is 29.7 Å². The van der Waals surface area contributed by atoms with Gasteiger partial charge < -0.3 is 11.1 Å². The van der Waals surface area contributed by atoms with Gasteiger partial charge in [0.15, 0.2) is 5.65 Å². The van der Waals surface area contributed by atoms with Crippen molar-refractivity contribution in [2.75, 3.05) is 19.3 Å². The highest BCUT2D eigenvalue weighted by Crippen LogP contribution is 2.24. The molecule has 118 valence electrons. The molecule has 8 heteroatoms. The summed E-state index contributed by atoms with van der Waals surface area (Å²) in [4.78, 5) is 4.16. The molecule has 3 N–H and O–H groups in total. The molecule has 3 rings (SSSR count). The smallest absolute Gasteiger partial charge is 0.240 e. The van der Waals surface area contributed by atoms with Crippen LogP contribution in [0.25, 0.3) is 16.9 Å². The maximum Gasteiger partial charge on any atom is 0.240 e. The predicted molar refractivity (Wildman–Crippen MR) is 86.4 cm³/mol. The van der Waals surface area contributed by atoms with E-state index in [0.717, 1.165) is 11.3 Å². The van der Waals surface area contributed by atoms with E-state index in [1.807, 2.05) is 43.0 Å². The lowest BCUT2D eigenvalue weighted by molar-refractivity contribution is 0.284. The summed E-state index contributed by atoms with van der Waals surface area (Å²) in [6.45, 7) is 2.64. The SMILES string of the molecule is CNCC(C)(CC#N)n1cc(-c2cccc3nc(N)nn23)cn1.